The quantitative estimate of drug-likeness (QED) is 0.556. The largest absolute Gasteiger partial charge is 0.480 e. The normalized spacial score (nSPS) is 42.8. The molecular formula is C14H17Br2NO4. The molecule has 3 aliphatic rings. The zero-order valence-electron chi connectivity index (χ0n) is 11.7. The van der Waals surface area contributed by atoms with E-state index in [0.29, 0.717) is 0 Å². The van der Waals surface area contributed by atoms with Crippen molar-refractivity contribution in [1.29, 1.82) is 0 Å². The molecule has 2 bridgehead atoms. The first-order chi connectivity index (χ1) is 9.77. The molecule has 0 spiro atoms. The van der Waals surface area contributed by atoms with Crippen LogP contribution in [-0.4, -0.2) is 43.5 Å². The minimum atomic E-state index is -1.11. The van der Waals surface area contributed by atoms with E-state index < -0.39 is 12.0 Å². The number of halogens is 2. The van der Waals surface area contributed by atoms with Gasteiger partial charge in [0.1, 0.15) is 6.04 Å². The highest BCUT2D eigenvalue weighted by atomic mass is 79.9. The molecule has 2 saturated carbocycles. The summed E-state index contributed by atoms with van der Waals surface area (Å²) in [5.74, 6) is -2.44. The maximum absolute atomic E-state index is 12.7. The first kappa shape index (κ1) is 15.5. The van der Waals surface area contributed by atoms with Crippen molar-refractivity contribution in [3.63, 3.8) is 0 Å². The van der Waals surface area contributed by atoms with E-state index in [1.165, 1.54) is 0 Å². The molecule has 1 aliphatic heterocycles. The van der Waals surface area contributed by atoms with Crippen molar-refractivity contribution in [3.8, 4) is 0 Å². The Balaban J connectivity index is 1.96. The van der Waals surface area contributed by atoms with Gasteiger partial charge in [-0.3, -0.25) is 14.5 Å². The average Bonchev–Trinajstić information content (AvgIpc) is 2.98. The molecule has 1 saturated heterocycles. The van der Waals surface area contributed by atoms with Crippen LogP contribution in [0.1, 0.15) is 20.3 Å². The fourth-order valence-electron chi connectivity index (χ4n) is 4.34. The Kier molecular flexibility index (Phi) is 3.72. The molecular weight excluding hydrogens is 406 g/mol. The number of hydrogen-bond donors (Lipinski definition) is 1. The van der Waals surface area contributed by atoms with Gasteiger partial charge in [0, 0.05) is 9.65 Å². The number of imide groups is 1. The van der Waals surface area contributed by atoms with Crippen molar-refractivity contribution in [2.75, 3.05) is 0 Å². The van der Waals surface area contributed by atoms with Gasteiger partial charge in [-0.05, 0) is 24.2 Å². The van der Waals surface area contributed by atoms with Gasteiger partial charge in [0.15, 0.2) is 0 Å². The number of hydrogen-bond acceptors (Lipinski definition) is 3. The van der Waals surface area contributed by atoms with Gasteiger partial charge in [-0.1, -0.05) is 45.7 Å². The lowest BCUT2D eigenvalue weighted by Gasteiger charge is -2.28. The van der Waals surface area contributed by atoms with Gasteiger partial charge in [-0.25, -0.2) is 4.79 Å². The van der Waals surface area contributed by atoms with Gasteiger partial charge in [0.05, 0.1) is 11.8 Å². The fourth-order valence-corrected chi connectivity index (χ4v) is 6.21. The number of nitrogens with zero attached hydrogens (tertiary/aromatic N) is 1. The number of fused-ring (bicyclic) bond motifs is 5. The van der Waals surface area contributed by atoms with Gasteiger partial charge >= 0.3 is 5.97 Å². The number of alkyl halides is 2. The van der Waals surface area contributed by atoms with Crippen LogP contribution in [0.4, 0.5) is 0 Å². The summed E-state index contributed by atoms with van der Waals surface area (Å²) in [6.45, 7) is 3.45. The van der Waals surface area contributed by atoms with Crippen LogP contribution in [0.5, 0.6) is 0 Å². The Bertz CT molecular complexity index is 491. The summed E-state index contributed by atoms with van der Waals surface area (Å²) >= 11 is 7.23. The van der Waals surface area contributed by atoms with Crippen LogP contribution in [0.2, 0.25) is 0 Å². The standard InChI is InChI=1S/C14H17Br2NO4/c1-4(2)11(14(20)21)17-12(18)7-5-3-6(8(7)13(17)19)10(16)9(5)15/h4-11H,3H2,1-2H3,(H,20,21)/t5-,6-,7-,8-,9-,10+,11-/m1/s1. The number of carboxylic acids is 1. The van der Waals surface area contributed by atoms with E-state index in [1.807, 2.05) is 0 Å². The van der Waals surface area contributed by atoms with Crippen molar-refractivity contribution in [3.05, 3.63) is 0 Å². The Morgan fingerprint density at radius 1 is 1.14 bits per heavy atom. The number of carboxylic acid groups (broad SMARTS) is 1. The van der Waals surface area contributed by atoms with E-state index in [0.717, 1.165) is 11.3 Å². The van der Waals surface area contributed by atoms with E-state index in [2.05, 4.69) is 31.9 Å². The molecule has 21 heavy (non-hydrogen) atoms. The molecule has 0 aromatic rings. The summed E-state index contributed by atoms with van der Waals surface area (Å²) in [6, 6.07) is -1.06. The van der Waals surface area contributed by atoms with E-state index in [4.69, 9.17) is 0 Å². The van der Waals surface area contributed by atoms with Crippen molar-refractivity contribution >= 4 is 49.6 Å². The molecule has 3 rings (SSSR count). The molecule has 0 radical (unpaired) electrons. The van der Waals surface area contributed by atoms with Crippen molar-refractivity contribution in [1.82, 2.24) is 4.90 Å². The molecule has 0 unspecified atom stereocenters. The van der Waals surface area contributed by atoms with Crippen LogP contribution >= 0.6 is 31.9 Å². The second kappa shape index (κ2) is 5.05. The van der Waals surface area contributed by atoms with Crippen LogP contribution in [0, 0.1) is 29.6 Å². The third kappa shape index (κ3) is 1.96. The van der Waals surface area contributed by atoms with Crippen LogP contribution in [0.3, 0.4) is 0 Å². The summed E-state index contributed by atoms with van der Waals surface area (Å²) < 4.78 is 0. The third-order valence-corrected chi connectivity index (χ3v) is 8.39. The smallest absolute Gasteiger partial charge is 0.327 e. The minimum absolute atomic E-state index is 0.118. The highest BCUT2D eigenvalue weighted by Gasteiger charge is 2.67. The SMILES string of the molecule is CC(C)[C@H](C(=O)O)N1C(=O)[C@@H]2[C@H]3C[C@@H]([C@@H](Br)[C@H]3Br)[C@H]2C1=O. The summed E-state index contributed by atoms with van der Waals surface area (Å²) in [5, 5.41) is 9.39. The average molecular weight is 423 g/mol. The topological polar surface area (TPSA) is 74.7 Å². The number of aliphatic carboxylic acids is 1. The van der Waals surface area contributed by atoms with Gasteiger partial charge in [-0.2, -0.15) is 0 Å². The second-order valence-corrected chi connectivity index (χ2v) is 8.69. The highest BCUT2D eigenvalue weighted by Crippen LogP contribution is 2.60. The van der Waals surface area contributed by atoms with Crippen molar-refractivity contribution in [2.45, 2.75) is 36.0 Å². The predicted octanol–water partition coefficient (Wildman–Crippen LogP) is 1.87. The number of carbonyl (C=O) groups is 3. The van der Waals surface area contributed by atoms with Crippen LogP contribution < -0.4 is 0 Å². The lowest BCUT2D eigenvalue weighted by molar-refractivity contribution is -0.157. The van der Waals surface area contributed by atoms with Crippen molar-refractivity contribution in [2.24, 2.45) is 29.6 Å². The summed E-state index contributed by atoms with van der Waals surface area (Å²) in [4.78, 5) is 38.2. The van der Waals surface area contributed by atoms with Crippen LogP contribution in [0.25, 0.3) is 0 Å². The van der Waals surface area contributed by atoms with E-state index >= 15 is 0 Å². The Morgan fingerprint density at radius 2 is 1.57 bits per heavy atom. The van der Waals surface area contributed by atoms with Gasteiger partial charge in [-0.15, -0.1) is 0 Å². The highest BCUT2D eigenvalue weighted by molar-refractivity contribution is 9.12. The van der Waals surface area contributed by atoms with Crippen LogP contribution in [-0.2, 0) is 14.4 Å². The first-order valence-corrected chi connectivity index (χ1v) is 8.98. The molecule has 3 fully saturated rings. The molecule has 116 valence electrons. The number of likely N-dealkylation sites (tertiary alicyclic amines) is 1. The summed E-state index contributed by atoms with van der Waals surface area (Å²) in [6.07, 6.45) is 0.853. The minimum Gasteiger partial charge on any atom is -0.480 e. The van der Waals surface area contributed by atoms with E-state index in [1.54, 1.807) is 13.8 Å². The summed E-state index contributed by atoms with van der Waals surface area (Å²) in [7, 11) is 0. The Labute approximate surface area is 139 Å². The molecule has 1 heterocycles. The number of carbonyl (C=O) groups excluding carboxylic acids is 2. The summed E-state index contributed by atoms with van der Waals surface area (Å²) in [5.41, 5.74) is 0. The van der Waals surface area contributed by atoms with Crippen LogP contribution in [0.15, 0.2) is 0 Å². The van der Waals surface area contributed by atoms with E-state index in [-0.39, 0.29) is 51.1 Å². The zero-order chi connectivity index (χ0) is 15.6. The lowest BCUT2D eigenvalue weighted by atomic mass is 9.81. The molecule has 0 aromatic carbocycles. The lowest BCUT2D eigenvalue weighted by Crippen LogP contribution is -2.49. The zero-order valence-corrected chi connectivity index (χ0v) is 14.9. The molecule has 7 atom stereocenters. The fraction of sp³-hybridized carbons (Fsp3) is 0.786. The second-order valence-electron chi connectivity index (χ2n) is 6.58. The van der Waals surface area contributed by atoms with Gasteiger partial charge < -0.3 is 5.11 Å². The first-order valence-electron chi connectivity index (χ1n) is 7.15. The maximum atomic E-state index is 12.7. The molecule has 0 aromatic heterocycles. The third-order valence-electron chi connectivity index (χ3n) is 5.18. The Morgan fingerprint density at radius 3 is 1.90 bits per heavy atom. The predicted molar refractivity (Wildman–Crippen MR) is 82.1 cm³/mol. The molecule has 5 nitrogen and oxygen atoms in total. The van der Waals surface area contributed by atoms with Gasteiger partial charge in [0.25, 0.3) is 0 Å². The molecule has 2 amide bonds. The molecule has 1 N–H and O–H groups in total. The van der Waals surface area contributed by atoms with Gasteiger partial charge in [0.2, 0.25) is 11.8 Å². The van der Waals surface area contributed by atoms with Crippen molar-refractivity contribution < 1.29 is 19.5 Å². The molecule has 2 aliphatic carbocycles. The monoisotopic (exact) mass is 421 g/mol. The molecule has 7 heteroatoms. The van der Waals surface area contributed by atoms with E-state index in [9.17, 15) is 19.5 Å². The number of rotatable bonds is 3. The Hall–Kier alpha value is -0.430. The number of amides is 2. The maximum Gasteiger partial charge on any atom is 0.327 e.